The van der Waals surface area contributed by atoms with Crippen molar-refractivity contribution >= 4 is 11.6 Å². The minimum atomic E-state index is -0.316. The molecule has 0 unspecified atom stereocenters. The lowest BCUT2D eigenvalue weighted by atomic mass is 10.1. The SMILES string of the molecule is O=C(Nc1cnoc1)c1cn(C2CCNCC2)nn1. The number of aromatic nitrogens is 4. The van der Waals surface area contributed by atoms with Gasteiger partial charge in [-0.1, -0.05) is 10.4 Å². The van der Waals surface area contributed by atoms with Crippen LogP contribution >= 0.6 is 0 Å². The lowest BCUT2D eigenvalue weighted by molar-refractivity contribution is 0.102. The molecule has 2 N–H and O–H groups in total. The Morgan fingerprint density at radius 3 is 3.05 bits per heavy atom. The van der Waals surface area contributed by atoms with Crippen LogP contribution in [-0.2, 0) is 0 Å². The molecule has 0 aromatic carbocycles. The number of amides is 1. The van der Waals surface area contributed by atoms with Gasteiger partial charge in [-0.3, -0.25) is 4.79 Å². The van der Waals surface area contributed by atoms with Gasteiger partial charge in [0.25, 0.3) is 5.91 Å². The van der Waals surface area contributed by atoms with E-state index in [1.807, 2.05) is 0 Å². The zero-order valence-electron chi connectivity index (χ0n) is 10.2. The van der Waals surface area contributed by atoms with Gasteiger partial charge in [0, 0.05) is 0 Å². The number of rotatable bonds is 3. The van der Waals surface area contributed by atoms with Crippen LogP contribution in [0.3, 0.4) is 0 Å². The Morgan fingerprint density at radius 2 is 2.32 bits per heavy atom. The molecular weight excluding hydrogens is 248 g/mol. The molecule has 1 aliphatic rings. The fourth-order valence-corrected chi connectivity index (χ4v) is 2.09. The van der Waals surface area contributed by atoms with Crippen LogP contribution in [0.25, 0.3) is 0 Å². The van der Waals surface area contributed by atoms with Gasteiger partial charge in [-0.15, -0.1) is 5.10 Å². The van der Waals surface area contributed by atoms with Gasteiger partial charge < -0.3 is 15.2 Å². The normalized spacial score (nSPS) is 16.4. The highest BCUT2D eigenvalue weighted by Gasteiger charge is 2.18. The zero-order chi connectivity index (χ0) is 13.1. The Bertz CT molecular complexity index is 543. The topological polar surface area (TPSA) is 97.9 Å². The van der Waals surface area contributed by atoms with Gasteiger partial charge in [0.2, 0.25) is 0 Å². The number of hydrogen-bond acceptors (Lipinski definition) is 6. The quantitative estimate of drug-likeness (QED) is 0.833. The van der Waals surface area contributed by atoms with E-state index in [-0.39, 0.29) is 5.91 Å². The minimum Gasteiger partial charge on any atom is -0.363 e. The average molecular weight is 262 g/mol. The highest BCUT2D eigenvalue weighted by Crippen LogP contribution is 2.17. The molecule has 0 saturated carbocycles. The van der Waals surface area contributed by atoms with Crippen LogP contribution in [0.15, 0.2) is 23.2 Å². The van der Waals surface area contributed by atoms with Crippen LogP contribution in [-0.4, -0.2) is 39.1 Å². The van der Waals surface area contributed by atoms with Crippen molar-refractivity contribution in [2.24, 2.45) is 0 Å². The molecule has 8 nitrogen and oxygen atoms in total. The van der Waals surface area contributed by atoms with Crippen molar-refractivity contribution in [2.75, 3.05) is 18.4 Å². The third kappa shape index (κ3) is 2.63. The Morgan fingerprint density at radius 1 is 1.47 bits per heavy atom. The van der Waals surface area contributed by atoms with Crippen molar-refractivity contribution in [2.45, 2.75) is 18.9 Å². The second kappa shape index (κ2) is 5.19. The van der Waals surface area contributed by atoms with Crippen molar-refractivity contribution in [3.63, 3.8) is 0 Å². The number of nitrogens with one attached hydrogen (secondary N) is 2. The highest BCUT2D eigenvalue weighted by molar-refractivity contribution is 6.02. The maximum Gasteiger partial charge on any atom is 0.277 e. The second-order valence-electron chi connectivity index (χ2n) is 4.43. The lowest BCUT2D eigenvalue weighted by Gasteiger charge is -2.21. The smallest absolute Gasteiger partial charge is 0.277 e. The van der Waals surface area contributed by atoms with Gasteiger partial charge in [0.15, 0.2) is 5.69 Å². The number of carbonyl (C=O) groups excluding carboxylic acids is 1. The molecule has 1 amide bonds. The molecule has 100 valence electrons. The largest absolute Gasteiger partial charge is 0.363 e. The molecule has 2 aromatic heterocycles. The summed E-state index contributed by atoms with van der Waals surface area (Å²) < 4.78 is 6.41. The summed E-state index contributed by atoms with van der Waals surface area (Å²) in [5.41, 5.74) is 0.793. The van der Waals surface area contributed by atoms with Gasteiger partial charge in [-0.25, -0.2) is 4.68 Å². The summed E-state index contributed by atoms with van der Waals surface area (Å²) in [6.45, 7) is 1.93. The standard InChI is InChI=1S/C11H14N6O2/c18-11(14-8-5-13-19-7-8)10-6-17(16-15-10)9-1-3-12-4-2-9/h5-7,9,12H,1-4H2,(H,14,18). The van der Waals surface area contributed by atoms with E-state index in [4.69, 9.17) is 0 Å². The van der Waals surface area contributed by atoms with Crippen LogP contribution in [0.2, 0.25) is 0 Å². The van der Waals surface area contributed by atoms with E-state index < -0.39 is 0 Å². The first-order valence-electron chi connectivity index (χ1n) is 6.16. The van der Waals surface area contributed by atoms with Crippen molar-refractivity contribution in [3.8, 4) is 0 Å². The van der Waals surface area contributed by atoms with Crippen molar-refractivity contribution in [3.05, 3.63) is 24.4 Å². The molecule has 1 fully saturated rings. The van der Waals surface area contributed by atoms with E-state index in [0.29, 0.717) is 17.4 Å². The number of anilines is 1. The Balaban J connectivity index is 1.68. The van der Waals surface area contributed by atoms with Crippen LogP contribution < -0.4 is 10.6 Å². The fourth-order valence-electron chi connectivity index (χ4n) is 2.09. The third-order valence-electron chi connectivity index (χ3n) is 3.12. The van der Waals surface area contributed by atoms with E-state index in [9.17, 15) is 4.79 Å². The Hall–Kier alpha value is -2.22. The van der Waals surface area contributed by atoms with Gasteiger partial charge in [-0.2, -0.15) is 0 Å². The minimum absolute atomic E-state index is 0.291. The summed E-state index contributed by atoms with van der Waals surface area (Å²) in [7, 11) is 0. The van der Waals surface area contributed by atoms with Crippen LogP contribution in [0.1, 0.15) is 29.4 Å². The van der Waals surface area contributed by atoms with Gasteiger partial charge in [0.1, 0.15) is 12.0 Å². The molecule has 19 heavy (non-hydrogen) atoms. The number of piperidine rings is 1. The molecule has 8 heteroatoms. The molecule has 0 radical (unpaired) electrons. The monoisotopic (exact) mass is 262 g/mol. The zero-order valence-corrected chi connectivity index (χ0v) is 10.2. The van der Waals surface area contributed by atoms with Gasteiger partial charge in [-0.05, 0) is 25.9 Å². The molecule has 3 heterocycles. The Labute approximate surface area is 109 Å². The van der Waals surface area contributed by atoms with E-state index in [1.54, 1.807) is 10.9 Å². The molecule has 0 aliphatic carbocycles. The molecule has 2 aromatic rings. The molecule has 0 bridgehead atoms. The first-order chi connectivity index (χ1) is 9.33. The fraction of sp³-hybridized carbons (Fsp3) is 0.455. The third-order valence-corrected chi connectivity index (χ3v) is 3.12. The molecular formula is C11H14N6O2. The summed E-state index contributed by atoms with van der Waals surface area (Å²) in [4.78, 5) is 11.9. The summed E-state index contributed by atoms with van der Waals surface area (Å²) >= 11 is 0. The summed E-state index contributed by atoms with van der Waals surface area (Å²) in [6.07, 6.45) is 6.45. The predicted octanol–water partition coefficient (Wildman–Crippen LogP) is 0.443. The molecule has 1 saturated heterocycles. The number of nitrogens with zero attached hydrogens (tertiary/aromatic N) is 4. The highest BCUT2D eigenvalue weighted by atomic mass is 16.5. The first-order valence-corrected chi connectivity index (χ1v) is 6.16. The first kappa shape index (κ1) is 11.8. The van der Waals surface area contributed by atoms with Crippen LogP contribution in [0.4, 0.5) is 5.69 Å². The maximum absolute atomic E-state index is 11.9. The van der Waals surface area contributed by atoms with Crippen molar-refractivity contribution in [1.29, 1.82) is 0 Å². The predicted molar refractivity (Wildman–Crippen MR) is 65.6 cm³/mol. The van der Waals surface area contributed by atoms with E-state index >= 15 is 0 Å². The maximum atomic E-state index is 11.9. The van der Waals surface area contributed by atoms with E-state index in [2.05, 4.69) is 30.6 Å². The summed E-state index contributed by atoms with van der Waals surface area (Å²) in [5.74, 6) is -0.316. The molecule has 0 atom stereocenters. The van der Waals surface area contributed by atoms with Gasteiger partial charge >= 0.3 is 0 Å². The molecule has 1 aliphatic heterocycles. The second-order valence-corrected chi connectivity index (χ2v) is 4.43. The molecule has 0 spiro atoms. The number of hydrogen-bond donors (Lipinski definition) is 2. The van der Waals surface area contributed by atoms with Gasteiger partial charge in [0.05, 0.1) is 18.4 Å². The van der Waals surface area contributed by atoms with E-state index in [0.717, 1.165) is 25.9 Å². The van der Waals surface area contributed by atoms with Crippen molar-refractivity contribution in [1.82, 2.24) is 25.5 Å². The number of carbonyl (C=O) groups is 1. The van der Waals surface area contributed by atoms with Crippen LogP contribution in [0.5, 0.6) is 0 Å². The van der Waals surface area contributed by atoms with Crippen LogP contribution in [0, 0.1) is 0 Å². The summed E-state index contributed by atoms with van der Waals surface area (Å²) in [5, 5.41) is 17.4. The van der Waals surface area contributed by atoms with E-state index in [1.165, 1.54) is 12.5 Å². The Kier molecular flexibility index (Phi) is 3.23. The lowest BCUT2D eigenvalue weighted by Crippen LogP contribution is -2.29. The average Bonchev–Trinajstić information content (AvgIpc) is 3.10. The molecule has 3 rings (SSSR count). The van der Waals surface area contributed by atoms with Crippen molar-refractivity contribution < 1.29 is 9.32 Å². The summed E-state index contributed by atoms with van der Waals surface area (Å²) in [6, 6.07) is 0.311.